The van der Waals surface area contributed by atoms with Crippen LogP contribution in [0.1, 0.15) is 42.5 Å². The summed E-state index contributed by atoms with van der Waals surface area (Å²) in [5.41, 5.74) is 1.20. The zero-order valence-corrected chi connectivity index (χ0v) is 14.3. The van der Waals surface area contributed by atoms with Gasteiger partial charge in [0.2, 0.25) is 0 Å². The molecule has 4 aliphatic carbocycles. The van der Waals surface area contributed by atoms with Gasteiger partial charge in [-0.2, -0.15) is 0 Å². The number of anilines is 1. The molecule has 6 heteroatoms. The zero-order chi connectivity index (χ0) is 17.2. The number of aromatic nitrogens is 2. The van der Waals surface area contributed by atoms with Crippen molar-refractivity contribution in [2.75, 3.05) is 12.4 Å². The summed E-state index contributed by atoms with van der Waals surface area (Å²) < 4.78 is 15.0. The Hall–Kier alpha value is -2.11. The largest absolute Gasteiger partial charge is 0.380 e. The number of H-pyrrole nitrogens is 1. The number of nitrogens with zero attached hydrogens (tertiary/aromatic N) is 1. The predicted octanol–water partition coefficient (Wildman–Crippen LogP) is 3.25. The lowest BCUT2D eigenvalue weighted by Crippen LogP contribution is -2.57. The molecule has 132 valence electrons. The molecule has 5 nitrogen and oxygen atoms in total. The van der Waals surface area contributed by atoms with E-state index in [1.165, 1.54) is 0 Å². The molecule has 4 bridgehead atoms. The van der Waals surface area contributed by atoms with Crippen molar-refractivity contribution in [3.8, 4) is 0 Å². The summed E-state index contributed by atoms with van der Waals surface area (Å²) in [5, 5.41) is 7.29. The summed E-state index contributed by atoms with van der Waals surface area (Å²) in [7, 11) is 1.63. The van der Waals surface area contributed by atoms with E-state index in [9.17, 15) is 9.18 Å². The van der Waals surface area contributed by atoms with Crippen molar-refractivity contribution < 1.29 is 9.18 Å². The number of hydrogen-bond donors (Lipinski definition) is 3. The van der Waals surface area contributed by atoms with Crippen LogP contribution in [0, 0.1) is 17.8 Å². The number of hydrogen-bond acceptors (Lipinski definition) is 3. The molecule has 4 fully saturated rings. The molecule has 0 spiro atoms. The van der Waals surface area contributed by atoms with E-state index in [1.54, 1.807) is 13.2 Å². The first-order valence-electron chi connectivity index (χ1n) is 9.20. The minimum absolute atomic E-state index is 0.149. The SMILES string of the molecule is CNC(=O)c1cnc2[nH]ccc2c1NC1[C@@H]2CC3C[C@H]1CC(F)(C3)C2. The van der Waals surface area contributed by atoms with Crippen molar-refractivity contribution in [3.63, 3.8) is 0 Å². The number of aromatic amines is 1. The van der Waals surface area contributed by atoms with Crippen LogP contribution in [0.3, 0.4) is 0 Å². The Balaban J connectivity index is 1.54. The minimum Gasteiger partial charge on any atom is -0.380 e. The third-order valence-electron chi connectivity index (χ3n) is 6.57. The molecule has 0 aliphatic heterocycles. The molecular formula is C19H23FN4O. The zero-order valence-electron chi connectivity index (χ0n) is 14.3. The summed E-state index contributed by atoms with van der Waals surface area (Å²) in [6.07, 6.45) is 7.75. The van der Waals surface area contributed by atoms with Crippen molar-refractivity contribution in [3.05, 3.63) is 24.0 Å². The van der Waals surface area contributed by atoms with E-state index in [0.717, 1.165) is 36.0 Å². The van der Waals surface area contributed by atoms with Gasteiger partial charge in [0.1, 0.15) is 11.3 Å². The minimum atomic E-state index is -0.944. The molecule has 3 N–H and O–H groups in total. The first-order chi connectivity index (χ1) is 12.1. The second-order valence-electron chi connectivity index (χ2n) is 8.16. The van der Waals surface area contributed by atoms with Gasteiger partial charge in [-0.15, -0.1) is 0 Å². The summed E-state index contributed by atoms with van der Waals surface area (Å²) >= 11 is 0. The van der Waals surface area contributed by atoms with Gasteiger partial charge in [0.25, 0.3) is 5.91 Å². The maximum atomic E-state index is 15.0. The molecule has 2 aromatic heterocycles. The highest BCUT2D eigenvalue weighted by Crippen LogP contribution is 2.58. The van der Waals surface area contributed by atoms with Gasteiger partial charge in [0.15, 0.2) is 0 Å². The fourth-order valence-corrected chi connectivity index (χ4v) is 5.80. The smallest absolute Gasteiger partial charge is 0.254 e. The van der Waals surface area contributed by atoms with E-state index in [2.05, 4.69) is 20.6 Å². The summed E-state index contributed by atoms with van der Waals surface area (Å²) in [6, 6.07) is 2.19. The maximum absolute atomic E-state index is 15.0. The van der Waals surface area contributed by atoms with Gasteiger partial charge in [0.05, 0.1) is 11.3 Å². The van der Waals surface area contributed by atoms with E-state index in [4.69, 9.17) is 0 Å². The number of pyridine rings is 1. The van der Waals surface area contributed by atoms with Crippen LogP contribution in [0.4, 0.5) is 10.1 Å². The van der Waals surface area contributed by atoms with Crippen LogP contribution in [0.5, 0.6) is 0 Å². The highest BCUT2D eigenvalue weighted by Gasteiger charge is 2.56. The molecule has 2 heterocycles. The van der Waals surface area contributed by atoms with Gasteiger partial charge in [0, 0.05) is 30.9 Å². The Labute approximate surface area is 145 Å². The van der Waals surface area contributed by atoms with Crippen molar-refractivity contribution in [1.29, 1.82) is 0 Å². The number of rotatable bonds is 3. The number of amides is 1. The molecule has 25 heavy (non-hydrogen) atoms. The number of fused-ring (bicyclic) bond motifs is 1. The summed E-state index contributed by atoms with van der Waals surface area (Å²) in [5.74, 6) is 1.11. The molecule has 4 aliphatic rings. The van der Waals surface area contributed by atoms with Gasteiger partial charge in [-0.3, -0.25) is 4.79 Å². The molecular weight excluding hydrogens is 319 g/mol. The van der Waals surface area contributed by atoms with Crippen molar-refractivity contribution in [2.24, 2.45) is 17.8 Å². The Bertz CT molecular complexity index is 831. The fourth-order valence-electron chi connectivity index (χ4n) is 5.80. The fraction of sp³-hybridized carbons (Fsp3) is 0.579. The van der Waals surface area contributed by atoms with Gasteiger partial charge in [-0.1, -0.05) is 0 Å². The average Bonchev–Trinajstić information content (AvgIpc) is 3.04. The van der Waals surface area contributed by atoms with Crippen LogP contribution in [-0.2, 0) is 0 Å². The molecule has 2 aromatic rings. The Morgan fingerprint density at radius 1 is 1.32 bits per heavy atom. The van der Waals surface area contributed by atoms with Crippen LogP contribution in [0.15, 0.2) is 18.5 Å². The highest BCUT2D eigenvalue weighted by atomic mass is 19.1. The van der Waals surface area contributed by atoms with E-state index in [1.807, 2.05) is 12.3 Å². The topological polar surface area (TPSA) is 69.8 Å². The van der Waals surface area contributed by atoms with Crippen LogP contribution in [0.2, 0.25) is 0 Å². The average molecular weight is 342 g/mol. The summed E-state index contributed by atoms with van der Waals surface area (Å²) in [4.78, 5) is 19.8. The van der Waals surface area contributed by atoms with Crippen LogP contribution in [-0.4, -0.2) is 34.6 Å². The van der Waals surface area contributed by atoms with E-state index < -0.39 is 5.67 Å². The Morgan fingerprint density at radius 2 is 2.08 bits per heavy atom. The second-order valence-corrected chi connectivity index (χ2v) is 8.16. The molecule has 6 rings (SSSR count). The van der Waals surface area contributed by atoms with Crippen LogP contribution in [0.25, 0.3) is 11.0 Å². The Morgan fingerprint density at radius 3 is 2.76 bits per heavy atom. The highest BCUT2D eigenvalue weighted by molar-refractivity contribution is 6.06. The number of nitrogens with one attached hydrogen (secondary N) is 3. The molecule has 0 radical (unpaired) electrons. The quantitative estimate of drug-likeness (QED) is 0.802. The molecule has 0 saturated heterocycles. The van der Waals surface area contributed by atoms with Crippen molar-refractivity contribution in [1.82, 2.24) is 15.3 Å². The van der Waals surface area contributed by atoms with Gasteiger partial charge in [-0.25, -0.2) is 9.37 Å². The first kappa shape index (κ1) is 15.2. The van der Waals surface area contributed by atoms with Crippen molar-refractivity contribution in [2.45, 2.75) is 43.8 Å². The van der Waals surface area contributed by atoms with E-state index in [0.29, 0.717) is 36.2 Å². The van der Waals surface area contributed by atoms with Crippen molar-refractivity contribution >= 4 is 22.6 Å². The lowest BCUT2D eigenvalue weighted by atomic mass is 9.53. The second kappa shape index (κ2) is 5.19. The van der Waals surface area contributed by atoms with Gasteiger partial charge >= 0.3 is 0 Å². The van der Waals surface area contributed by atoms with Gasteiger partial charge < -0.3 is 15.6 Å². The predicted molar refractivity (Wildman–Crippen MR) is 94.3 cm³/mol. The van der Waals surface area contributed by atoms with Gasteiger partial charge in [-0.05, 0) is 55.9 Å². The lowest BCUT2D eigenvalue weighted by molar-refractivity contribution is -0.0800. The van der Waals surface area contributed by atoms with Crippen LogP contribution < -0.4 is 10.6 Å². The molecule has 0 aromatic carbocycles. The molecule has 3 unspecified atom stereocenters. The summed E-state index contributed by atoms with van der Waals surface area (Å²) in [6.45, 7) is 0. The number of carbonyl (C=O) groups is 1. The van der Waals surface area contributed by atoms with E-state index in [-0.39, 0.29) is 11.9 Å². The maximum Gasteiger partial charge on any atom is 0.254 e. The first-order valence-corrected chi connectivity index (χ1v) is 9.20. The normalized spacial score (nSPS) is 35.9. The standard InChI is InChI=1S/C19H23FN4O/c1-21-18(25)14-9-23-17-13(2-3-22-17)16(14)24-15-11-4-10-5-12(15)8-19(20,6-10)7-11/h2-3,9-12,15H,4-8H2,1H3,(H,21,25)(H2,22,23,24)/t10?,11-,12+,15?,19?. The Kier molecular flexibility index (Phi) is 3.15. The number of halogens is 1. The third kappa shape index (κ3) is 2.26. The third-order valence-corrected chi connectivity index (χ3v) is 6.57. The molecule has 4 saturated carbocycles. The van der Waals surface area contributed by atoms with E-state index >= 15 is 0 Å². The number of carbonyl (C=O) groups excluding carboxylic acids is 1. The molecule has 5 atom stereocenters. The number of alkyl halides is 1. The lowest BCUT2D eigenvalue weighted by Gasteiger charge is -2.57. The molecule has 1 amide bonds. The van der Waals surface area contributed by atoms with Crippen LogP contribution >= 0.6 is 0 Å². The monoisotopic (exact) mass is 342 g/mol.